The van der Waals surface area contributed by atoms with Gasteiger partial charge in [-0.25, -0.2) is 0 Å². The molecule has 232 valence electrons. The summed E-state index contributed by atoms with van der Waals surface area (Å²) in [4.78, 5) is 2.44. The van der Waals surface area contributed by atoms with Crippen molar-refractivity contribution in [3.63, 3.8) is 0 Å². The minimum atomic E-state index is 0.138. The molecule has 1 aliphatic heterocycles. The summed E-state index contributed by atoms with van der Waals surface area (Å²) in [5.74, 6) is 3.35. The lowest BCUT2D eigenvalue weighted by molar-refractivity contribution is 0.104. The predicted octanol–water partition coefficient (Wildman–Crippen LogP) is 6.98. The summed E-state index contributed by atoms with van der Waals surface area (Å²) in [5, 5.41) is 12.2. The topological polar surface area (TPSA) is 63.2 Å². The van der Waals surface area contributed by atoms with Crippen LogP contribution in [0.3, 0.4) is 0 Å². The molecule has 1 saturated heterocycles. The van der Waals surface area contributed by atoms with Crippen molar-refractivity contribution < 1.29 is 19.3 Å². The minimum absolute atomic E-state index is 0.138. The van der Waals surface area contributed by atoms with Crippen molar-refractivity contribution in [3.05, 3.63) is 112 Å². The van der Waals surface area contributed by atoms with Gasteiger partial charge in [0.15, 0.2) is 0 Å². The van der Waals surface area contributed by atoms with E-state index < -0.39 is 0 Å². The zero-order valence-electron chi connectivity index (χ0n) is 26.8. The van der Waals surface area contributed by atoms with Crippen molar-refractivity contribution in [2.24, 2.45) is 5.92 Å². The van der Waals surface area contributed by atoms with E-state index in [2.05, 4.69) is 98.6 Å². The lowest BCUT2D eigenvalue weighted by Crippen LogP contribution is -2.44. The maximum atomic E-state index is 9.00. The number of benzene rings is 4. The Balaban J connectivity index is 1.25. The Labute approximate surface area is 262 Å². The van der Waals surface area contributed by atoms with Gasteiger partial charge in [-0.2, -0.15) is 0 Å². The fraction of sp³-hybridized carbons (Fsp3) is 0.368. The van der Waals surface area contributed by atoms with Crippen molar-refractivity contribution in [1.29, 1.82) is 0 Å². The van der Waals surface area contributed by atoms with Crippen molar-refractivity contribution >= 4 is 0 Å². The van der Waals surface area contributed by atoms with Crippen molar-refractivity contribution in [2.45, 2.75) is 54.0 Å². The number of aliphatic hydroxyl groups is 1. The summed E-state index contributed by atoms with van der Waals surface area (Å²) >= 11 is 0. The molecular weight excluding hydrogens is 548 g/mol. The lowest BCUT2D eigenvalue weighted by Gasteiger charge is -2.37. The van der Waals surface area contributed by atoms with Gasteiger partial charge in [-0.05, 0) is 83.3 Å². The van der Waals surface area contributed by atoms with Crippen LogP contribution in [0.25, 0.3) is 11.1 Å². The Morgan fingerprint density at radius 2 is 1.48 bits per heavy atom. The molecule has 0 aromatic heterocycles. The Morgan fingerprint density at radius 1 is 0.795 bits per heavy atom. The van der Waals surface area contributed by atoms with E-state index in [-0.39, 0.29) is 6.61 Å². The Morgan fingerprint density at radius 3 is 2.09 bits per heavy atom. The molecule has 6 heteroatoms. The first-order valence-corrected chi connectivity index (χ1v) is 15.6. The molecule has 44 heavy (non-hydrogen) atoms. The van der Waals surface area contributed by atoms with E-state index in [0.717, 1.165) is 66.0 Å². The monoisotopic (exact) mass is 594 g/mol. The third-order valence-electron chi connectivity index (χ3n) is 8.61. The molecule has 0 radical (unpaired) electrons. The largest absolute Gasteiger partial charge is 0.496 e. The summed E-state index contributed by atoms with van der Waals surface area (Å²) in [6.07, 6.45) is 0. The highest BCUT2D eigenvalue weighted by atomic mass is 16.5. The molecular formula is C38H46N2O4. The standard InChI is InChI=1S/C38H46N2O4/c1-26-21-40(22-26)23-31-13-14-34(19-38(31)42-5)43-24-32-8-6-10-35(28(32)3)36-11-7-9-33(29(36)4)25-44-37-15-12-30(18-27(37)2)20-39-16-17-41/h6-15,18-19,26,39,41H,16-17,20-25H2,1-5H3. The third-order valence-corrected chi connectivity index (χ3v) is 8.61. The highest BCUT2D eigenvalue weighted by Crippen LogP contribution is 2.33. The van der Waals surface area contributed by atoms with E-state index in [9.17, 15) is 0 Å². The molecule has 4 aromatic rings. The molecule has 4 aromatic carbocycles. The van der Waals surface area contributed by atoms with E-state index in [1.165, 1.54) is 33.4 Å². The Bertz CT molecular complexity index is 1560. The number of methoxy groups -OCH3 is 1. The molecule has 1 heterocycles. The zero-order chi connectivity index (χ0) is 31.1. The number of aryl methyl sites for hydroxylation is 1. The Hall–Kier alpha value is -3.84. The second kappa shape index (κ2) is 14.8. The van der Waals surface area contributed by atoms with Crippen LogP contribution in [0.4, 0.5) is 0 Å². The molecule has 1 aliphatic rings. The van der Waals surface area contributed by atoms with Crippen LogP contribution in [0, 0.1) is 26.7 Å². The lowest BCUT2D eigenvalue weighted by atomic mass is 9.92. The zero-order valence-corrected chi connectivity index (χ0v) is 26.8. The van der Waals surface area contributed by atoms with Crippen LogP contribution in [0.1, 0.15) is 45.9 Å². The van der Waals surface area contributed by atoms with Crippen LogP contribution >= 0.6 is 0 Å². The van der Waals surface area contributed by atoms with Gasteiger partial charge in [-0.1, -0.05) is 61.5 Å². The molecule has 0 unspecified atom stereocenters. The van der Waals surface area contributed by atoms with Gasteiger partial charge in [0.05, 0.1) is 13.7 Å². The highest BCUT2D eigenvalue weighted by Gasteiger charge is 2.23. The summed E-state index contributed by atoms with van der Waals surface area (Å²) in [6, 6.07) is 25.3. The second-order valence-electron chi connectivity index (χ2n) is 12.0. The van der Waals surface area contributed by atoms with Gasteiger partial charge >= 0.3 is 0 Å². The fourth-order valence-corrected chi connectivity index (χ4v) is 6.02. The van der Waals surface area contributed by atoms with Crippen LogP contribution in [-0.2, 0) is 26.3 Å². The first-order chi connectivity index (χ1) is 21.4. The summed E-state index contributed by atoms with van der Waals surface area (Å²) in [6.45, 7) is 14.3. The summed E-state index contributed by atoms with van der Waals surface area (Å²) < 4.78 is 18.3. The Kier molecular flexibility index (Phi) is 10.6. The van der Waals surface area contributed by atoms with Crippen LogP contribution in [0.5, 0.6) is 17.2 Å². The van der Waals surface area contributed by atoms with E-state index in [1.54, 1.807) is 7.11 Å². The third kappa shape index (κ3) is 7.62. The number of nitrogens with one attached hydrogen (secondary N) is 1. The van der Waals surface area contributed by atoms with E-state index in [1.807, 2.05) is 12.1 Å². The fourth-order valence-electron chi connectivity index (χ4n) is 6.02. The minimum Gasteiger partial charge on any atom is -0.496 e. The van der Waals surface area contributed by atoms with Gasteiger partial charge < -0.3 is 24.6 Å². The molecule has 0 atom stereocenters. The molecule has 0 spiro atoms. The first kappa shape index (κ1) is 31.6. The van der Waals surface area contributed by atoms with E-state index in [0.29, 0.717) is 19.8 Å². The molecule has 5 rings (SSSR count). The van der Waals surface area contributed by atoms with Crippen LogP contribution in [-0.4, -0.2) is 43.4 Å². The number of ether oxygens (including phenoxy) is 3. The normalized spacial score (nSPS) is 13.5. The van der Waals surface area contributed by atoms with Crippen LogP contribution in [0.15, 0.2) is 72.8 Å². The average Bonchev–Trinajstić information content (AvgIpc) is 3.01. The number of likely N-dealkylation sites (tertiary alicyclic amines) is 1. The maximum absolute atomic E-state index is 9.00. The van der Waals surface area contributed by atoms with Gasteiger partial charge in [0, 0.05) is 44.4 Å². The molecule has 2 N–H and O–H groups in total. The van der Waals surface area contributed by atoms with E-state index >= 15 is 0 Å². The number of hydrogen-bond acceptors (Lipinski definition) is 6. The van der Waals surface area contributed by atoms with Crippen LogP contribution in [0.2, 0.25) is 0 Å². The first-order valence-electron chi connectivity index (χ1n) is 15.6. The van der Waals surface area contributed by atoms with Crippen molar-refractivity contribution in [2.75, 3.05) is 33.4 Å². The van der Waals surface area contributed by atoms with E-state index in [4.69, 9.17) is 19.3 Å². The number of rotatable bonds is 14. The van der Waals surface area contributed by atoms with Crippen molar-refractivity contribution in [1.82, 2.24) is 10.2 Å². The van der Waals surface area contributed by atoms with Gasteiger partial charge in [-0.3, -0.25) is 4.90 Å². The van der Waals surface area contributed by atoms with Crippen LogP contribution < -0.4 is 19.5 Å². The number of hydrogen-bond donors (Lipinski definition) is 2. The molecule has 0 amide bonds. The highest BCUT2D eigenvalue weighted by molar-refractivity contribution is 5.72. The molecule has 0 bridgehead atoms. The number of nitrogens with zero attached hydrogens (tertiary/aromatic N) is 1. The average molecular weight is 595 g/mol. The predicted molar refractivity (Wildman–Crippen MR) is 177 cm³/mol. The van der Waals surface area contributed by atoms with Gasteiger partial charge in [0.25, 0.3) is 0 Å². The number of aliphatic hydroxyl groups excluding tert-OH is 1. The molecule has 0 aliphatic carbocycles. The van der Waals surface area contributed by atoms with Gasteiger partial charge in [-0.15, -0.1) is 0 Å². The van der Waals surface area contributed by atoms with Crippen molar-refractivity contribution in [3.8, 4) is 28.4 Å². The molecule has 6 nitrogen and oxygen atoms in total. The van der Waals surface area contributed by atoms with Gasteiger partial charge in [0.1, 0.15) is 30.5 Å². The molecule has 0 saturated carbocycles. The second-order valence-corrected chi connectivity index (χ2v) is 12.0. The maximum Gasteiger partial charge on any atom is 0.127 e. The summed E-state index contributed by atoms with van der Waals surface area (Å²) in [5.41, 5.74) is 10.6. The van der Waals surface area contributed by atoms with Gasteiger partial charge in [0.2, 0.25) is 0 Å². The SMILES string of the molecule is COc1cc(OCc2cccc(-c3cccc(COc4ccc(CNCCO)cc4C)c3C)c2C)ccc1CN1CC(C)C1. The molecule has 1 fully saturated rings. The summed E-state index contributed by atoms with van der Waals surface area (Å²) in [7, 11) is 1.73. The smallest absolute Gasteiger partial charge is 0.127 e. The quantitative estimate of drug-likeness (QED) is 0.154.